The molecule has 1 N–H and O–H groups in total. The number of carbonyl (C=O) groups is 2. The van der Waals surface area contributed by atoms with Crippen molar-refractivity contribution in [2.24, 2.45) is 28.6 Å². The molecular weight excluding hydrogens is 316 g/mol. The van der Waals surface area contributed by atoms with Crippen molar-refractivity contribution in [3.05, 3.63) is 11.6 Å². The summed E-state index contributed by atoms with van der Waals surface area (Å²) in [7, 11) is 0. The third-order valence-electron chi connectivity index (χ3n) is 8.04. The van der Waals surface area contributed by atoms with Crippen LogP contribution < -0.4 is 0 Å². The lowest BCUT2D eigenvalue weighted by molar-refractivity contribution is -0.150. The Kier molecular flexibility index (Phi) is 4.10. The molecule has 0 aromatic carbocycles. The molecule has 4 aliphatic carbocycles. The first-order valence-electron chi connectivity index (χ1n) is 9.91. The van der Waals surface area contributed by atoms with Gasteiger partial charge in [0.25, 0.3) is 0 Å². The van der Waals surface area contributed by atoms with Crippen molar-refractivity contribution in [1.82, 2.24) is 0 Å². The summed E-state index contributed by atoms with van der Waals surface area (Å²) in [5.74, 6) is 1.69. The van der Waals surface area contributed by atoms with Crippen LogP contribution in [0.5, 0.6) is 0 Å². The second-order valence-electron chi connectivity index (χ2n) is 9.09. The first-order valence-corrected chi connectivity index (χ1v) is 9.91. The van der Waals surface area contributed by atoms with E-state index >= 15 is 0 Å². The molecule has 1 unspecified atom stereocenters. The van der Waals surface area contributed by atoms with Crippen LogP contribution in [0.15, 0.2) is 11.6 Å². The Labute approximate surface area is 150 Å². The Morgan fingerprint density at radius 2 is 2.08 bits per heavy atom. The fraction of sp³-hybridized carbons (Fsp3) is 0.810. The van der Waals surface area contributed by atoms with E-state index in [9.17, 15) is 14.7 Å². The van der Waals surface area contributed by atoms with Crippen LogP contribution in [0, 0.1) is 28.6 Å². The molecule has 25 heavy (non-hydrogen) atoms. The van der Waals surface area contributed by atoms with Gasteiger partial charge in [0.2, 0.25) is 0 Å². The van der Waals surface area contributed by atoms with E-state index < -0.39 is 0 Å². The molecule has 0 saturated heterocycles. The lowest BCUT2D eigenvalue weighted by Gasteiger charge is -2.57. The van der Waals surface area contributed by atoms with Crippen molar-refractivity contribution in [3.63, 3.8) is 0 Å². The summed E-state index contributed by atoms with van der Waals surface area (Å²) in [6.45, 7) is 4.11. The number of ether oxygens (including phenoxy) is 1. The van der Waals surface area contributed by atoms with E-state index in [-0.39, 0.29) is 22.9 Å². The highest BCUT2D eigenvalue weighted by Crippen LogP contribution is 2.64. The van der Waals surface area contributed by atoms with E-state index in [2.05, 4.69) is 13.0 Å². The van der Waals surface area contributed by atoms with Crippen LogP contribution in [0.2, 0.25) is 0 Å². The number of hydrogen-bond donors (Lipinski definition) is 1. The number of carbonyl (C=O) groups excluding carboxylic acids is 2. The lowest BCUT2D eigenvalue weighted by Crippen LogP contribution is -2.53. The minimum atomic E-state index is -0.268. The number of aliphatic hydroxyl groups excluding tert-OH is 1. The number of rotatable bonds is 2. The van der Waals surface area contributed by atoms with Gasteiger partial charge in [-0.25, -0.2) is 0 Å². The fourth-order valence-electron chi connectivity index (χ4n) is 6.71. The summed E-state index contributed by atoms with van der Waals surface area (Å²) >= 11 is 0. The average Bonchev–Trinajstić information content (AvgIpc) is 2.88. The molecule has 0 aromatic heterocycles. The quantitative estimate of drug-likeness (QED) is 0.615. The third-order valence-corrected chi connectivity index (χ3v) is 8.04. The second kappa shape index (κ2) is 5.94. The molecule has 0 amide bonds. The third kappa shape index (κ3) is 2.51. The van der Waals surface area contributed by atoms with Crippen LogP contribution in [0.3, 0.4) is 0 Å². The second-order valence-corrected chi connectivity index (χ2v) is 9.09. The molecule has 4 aliphatic rings. The Balaban J connectivity index is 1.69. The molecular formula is C21H30O4. The SMILES string of the molecule is CC(=O)OC[C@]12CCC(O)CC1=CC[C@@H]1[C@H]2CC[C@]2(C)C(=O)CC[C@@H]12. The fourth-order valence-corrected chi connectivity index (χ4v) is 6.71. The van der Waals surface area contributed by atoms with E-state index in [0.29, 0.717) is 36.6 Å². The van der Waals surface area contributed by atoms with Crippen LogP contribution in [-0.4, -0.2) is 29.6 Å². The Hall–Kier alpha value is -1.16. The van der Waals surface area contributed by atoms with Gasteiger partial charge in [-0.2, -0.15) is 0 Å². The molecule has 4 heteroatoms. The molecule has 0 radical (unpaired) electrons. The number of allylic oxidation sites excluding steroid dienone is 1. The summed E-state index contributed by atoms with van der Waals surface area (Å²) in [4.78, 5) is 24.0. The molecule has 0 spiro atoms. The first-order chi connectivity index (χ1) is 11.9. The van der Waals surface area contributed by atoms with Gasteiger partial charge in [-0.05, 0) is 62.7 Å². The number of ketones is 1. The zero-order chi connectivity index (χ0) is 17.8. The smallest absolute Gasteiger partial charge is 0.302 e. The van der Waals surface area contributed by atoms with E-state index in [1.54, 1.807) is 0 Å². The maximum absolute atomic E-state index is 12.5. The van der Waals surface area contributed by atoms with Crippen LogP contribution in [0.4, 0.5) is 0 Å². The van der Waals surface area contributed by atoms with Gasteiger partial charge in [0.05, 0.1) is 6.10 Å². The van der Waals surface area contributed by atoms with Gasteiger partial charge >= 0.3 is 5.97 Å². The largest absolute Gasteiger partial charge is 0.465 e. The zero-order valence-corrected chi connectivity index (χ0v) is 15.4. The van der Waals surface area contributed by atoms with E-state index in [1.807, 2.05) is 0 Å². The topological polar surface area (TPSA) is 63.6 Å². The van der Waals surface area contributed by atoms with Crippen molar-refractivity contribution < 1.29 is 19.4 Å². The molecule has 0 heterocycles. The van der Waals surface area contributed by atoms with Gasteiger partial charge in [-0.3, -0.25) is 9.59 Å². The Morgan fingerprint density at radius 3 is 2.84 bits per heavy atom. The van der Waals surface area contributed by atoms with Gasteiger partial charge in [0.1, 0.15) is 12.4 Å². The summed E-state index contributed by atoms with van der Waals surface area (Å²) in [5, 5.41) is 10.2. The van der Waals surface area contributed by atoms with Gasteiger partial charge in [0.15, 0.2) is 0 Å². The zero-order valence-electron chi connectivity index (χ0n) is 15.4. The van der Waals surface area contributed by atoms with Crippen LogP contribution in [0.1, 0.15) is 65.2 Å². The van der Waals surface area contributed by atoms with Crippen molar-refractivity contribution >= 4 is 11.8 Å². The molecule has 0 aromatic rings. The molecule has 0 aliphatic heterocycles. The van der Waals surface area contributed by atoms with E-state index in [1.165, 1.54) is 12.5 Å². The van der Waals surface area contributed by atoms with Gasteiger partial charge in [-0.15, -0.1) is 0 Å². The van der Waals surface area contributed by atoms with Crippen molar-refractivity contribution in [3.8, 4) is 0 Å². The summed E-state index contributed by atoms with van der Waals surface area (Å²) in [6.07, 6.45) is 9.22. The van der Waals surface area contributed by atoms with Crippen molar-refractivity contribution in [2.75, 3.05) is 6.61 Å². The number of fused-ring (bicyclic) bond motifs is 5. The maximum atomic E-state index is 12.5. The van der Waals surface area contributed by atoms with Crippen molar-refractivity contribution in [1.29, 1.82) is 0 Å². The first kappa shape index (κ1) is 17.3. The minimum absolute atomic E-state index is 0.110. The van der Waals surface area contributed by atoms with E-state index in [4.69, 9.17) is 4.74 Å². The predicted molar refractivity (Wildman–Crippen MR) is 93.7 cm³/mol. The van der Waals surface area contributed by atoms with Gasteiger partial charge in [0, 0.05) is 24.2 Å². The maximum Gasteiger partial charge on any atom is 0.302 e. The molecule has 4 nitrogen and oxygen atoms in total. The average molecular weight is 346 g/mol. The molecule has 3 fully saturated rings. The lowest BCUT2D eigenvalue weighted by atomic mass is 9.47. The van der Waals surface area contributed by atoms with E-state index in [0.717, 1.165) is 44.9 Å². The molecule has 4 rings (SSSR count). The number of hydrogen-bond acceptors (Lipinski definition) is 4. The summed E-state index contributed by atoms with van der Waals surface area (Å²) in [5.41, 5.74) is 1.06. The normalized spacial score (nSPS) is 45.9. The molecule has 6 atom stereocenters. The summed E-state index contributed by atoms with van der Waals surface area (Å²) in [6, 6.07) is 0. The highest BCUT2D eigenvalue weighted by molar-refractivity contribution is 5.87. The van der Waals surface area contributed by atoms with Crippen LogP contribution >= 0.6 is 0 Å². The number of Topliss-reactive ketones (excluding diaryl/α,β-unsaturated/α-hetero) is 1. The van der Waals surface area contributed by atoms with Crippen molar-refractivity contribution in [2.45, 2.75) is 71.3 Å². The van der Waals surface area contributed by atoms with Crippen LogP contribution in [0.25, 0.3) is 0 Å². The Bertz CT molecular complexity index is 623. The highest BCUT2D eigenvalue weighted by Gasteiger charge is 2.60. The van der Waals surface area contributed by atoms with Gasteiger partial charge in [-0.1, -0.05) is 18.6 Å². The molecule has 138 valence electrons. The van der Waals surface area contributed by atoms with Gasteiger partial charge < -0.3 is 9.84 Å². The van der Waals surface area contributed by atoms with Crippen LogP contribution in [-0.2, 0) is 14.3 Å². The highest BCUT2D eigenvalue weighted by atomic mass is 16.5. The number of aliphatic hydroxyl groups is 1. The Morgan fingerprint density at radius 1 is 1.28 bits per heavy atom. The predicted octanol–water partition coefficient (Wildman–Crippen LogP) is 3.42. The molecule has 0 bridgehead atoms. The monoisotopic (exact) mass is 346 g/mol. The summed E-state index contributed by atoms with van der Waals surface area (Å²) < 4.78 is 5.56. The number of esters is 1. The standard InChI is InChI=1S/C21H30O4/c1-13(22)25-12-21-10-7-15(23)11-14(21)3-4-16-17-5-6-19(24)20(17,2)9-8-18(16)21/h3,15-18,23H,4-12H2,1-2H3/t15?,16-,17-,18+,20-,21+/m0/s1. The molecule has 3 saturated carbocycles. The minimum Gasteiger partial charge on any atom is -0.465 e.